The molecule has 0 saturated carbocycles. The minimum absolute atomic E-state index is 0.396. The van der Waals surface area contributed by atoms with Gasteiger partial charge >= 0.3 is 0 Å². The summed E-state index contributed by atoms with van der Waals surface area (Å²) >= 11 is 0. The van der Waals surface area contributed by atoms with E-state index in [4.69, 9.17) is 5.73 Å². The van der Waals surface area contributed by atoms with Gasteiger partial charge in [-0.25, -0.2) is 0 Å². The van der Waals surface area contributed by atoms with Crippen molar-refractivity contribution in [3.8, 4) is 0 Å². The zero-order valence-electron chi connectivity index (χ0n) is 10.9. The number of rotatable bonds is 5. The molecule has 0 aliphatic heterocycles. The lowest BCUT2D eigenvalue weighted by molar-refractivity contribution is 0.100. The summed E-state index contributed by atoms with van der Waals surface area (Å²) in [4.78, 5) is 11.2. The average Bonchev–Trinajstić information content (AvgIpc) is 2.78. The van der Waals surface area contributed by atoms with Crippen molar-refractivity contribution in [1.29, 1.82) is 0 Å². The van der Waals surface area contributed by atoms with E-state index in [1.165, 1.54) is 0 Å². The Balaban J connectivity index is 2.50. The maximum absolute atomic E-state index is 11.2. The fourth-order valence-electron chi connectivity index (χ4n) is 2.40. The second-order valence-corrected chi connectivity index (χ2v) is 4.63. The van der Waals surface area contributed by atoms with Gasteiger partial charge in [0, 0.05) is 22.6 Å². The van der Waals surface area contributed by atoms with Crippen LogP contribution in [0.4, 0.5) is 0 Å². The number of nitrogens with two attached hydrogens (primary N) is 1. The van der Waals surface area contributed by atoms with Crippen molar-refractivity contribution < 1.29 is 4.79 Å². The van der Waals surface area contributed by atoms with Crippen LogP contribution in [0.25, 0.3) is 10.9 Å². The molecule has 0 bridgehead atoms. The summed E-state index contributed by atoms with van der Waals surface area (Å²) in [5.74, 6) is 0.0655. The normalized spacial score (nSPS) is 12.8. The largest absolute Gasteiger partial charge is 0.366 e. The molecular weight excluding hydrogens is 226 g/mol. The second kappa shape index (κ2) is 5.21. The average molecular weight is 245 g/mol. The smallest absolute Gasteiger partial charge is 0.248 e. The van der Waals surface area contributed by atoms with E-state index >= 15 is 0 Å². The summed E-state index contributed by atoms with van der Waals surface area (Å²) in [6.07, 6.45) is 3.31. The molecule has 3 N–H and O–H groups in total. The van der Waals surface area contributed by atoms with Gasteiger partial charge in [-0.1, -0.05) is 20.3 Å². The number of hydrogen-bond donors (Lipinski definition) is 2. The number of nitrogens with one attached hydrogen (secondary N) is 1. The predicted octanol–water partition coefficient (Wildman–Crippen LogP) is 2.96. The topological polar surface area (TPSA) is 71.8 Å². The molecule has 18 heavy (non-hydrogen) atoms. The van der Waals surface area contributed by atoms with Crippen LogP contribution in [0, 0.1) is 0 Å². The van der Waals surface area contributed by atoms with Crippen molar-refractivity contribution in [2.75, 3.05) is 0 Å². The summed E-state index contributed by atoms with van der Waals surface area (Å²) in [6.45, 7) is 4.35. The van der Waals surface area contributed by atoms with Crippen LogP contribution in [0.15, 0.2) is 18.2 Å². The quantitative estimate of drug-likeness (QED) is 0.850. The lowest BCUT2D eigenvalue weighted by Crippen LogP contribution is -2.10. The minimum atomic E-state index is -0.396. The summed E-state index contributed by atoms with van der Waals surface area (Å²) < 4.78 is 0. The maximum atomic E-state index is 11.2. The Bertz CT molecular complexity index is 559. The number of aromatic nitrogens is 2. The molecule has 1 heterocycles. The van der Waals surface area contributed by atoms with Gasteiger partial charge in [0.1, 0.15) is 0 Å². The molecule has 0 fully saturated rings. The van der Waals surface area contributed by atoms with E-state index in [9.17, 15) is 4.79 Å². The number of carbonyl (C=O) groups is 1. The van der Waals surface area contributed by atoms with Gasteiger partial charge in [0.2, 0.25) is 5.91 Å². The zero-order valence-corrected chi connectivity index (χ0v) is 10.9. The van der Waals surface area contributed by atoms with Gasteiger partial charge in [-0.15, -0.1) is 0 Å². The summed E-state index contributed by atoms with van der Waals surface area (Å²) in [5.41, 5.74) is 7.88. The summed E-state index contributed by atoms with van der Waals surface area (Å²) in [7, 11) is 0. The molecule has 1 unspecified atom stereocenters. The first kappa shape index (κ1) is 12.6. The highest BCUT2D eigenvalue weighted by Crippen LogP contribution is 2.29. The van der Waals surface area contributed by atoms with Crippen LogP contribution >= 0.6 is 0 Å². The van der Waals surface area contributed by atoms with Gasteiger partial charge in [-0.2, -0.15) is 5.10 Å². The molecule has 0 radical (unpaired) electrons. The summed E-state index contributed by atoms with van der Waals surface area (Å²) in [6, 6.07) is 5.40. The number of amides is 1. The SMILES string of the molecule is CCCC(CC)c1[nH]nc2ccc(C(N)=O)cc12. The van der Waals surface area contributed by atoms with Crippen LogP contribution in [0.1, 0.15) is 55.1 Å². The molecule has 1 aromatic heterocycles. The molecule has 0 aliphatic rings. The lowest BCUT2D eigenvalue weighted by atomic mass is 9.94. The number of hydrogen-bond acceptors (Lipinski definition) is 2. The van der Waals surface area contributed by atoms with Crippen LogP contribution in [-0.4, -0.2) is 16.1 Å². The molecular formula is C14H19N3O. The van der Waals surface area contributed by atoms with Gasteiger partial charge in [-0.05, 0) is 31.0 Å². The Morgan fingerprint density at radius 3 is 2.83 bits per heavy atom. The third kappa shape index (κ3) is 2.23. The molecule has 0 aliphatic carbocycles. The van der Waals surface area contributed by atoms with E-state index in [1.54, 1.807) is 6.07 Å². The zero-order chi connectivity index (χ0) is 13.1. The number of primary amides is 1. The Labute approximate surface area is 107 Å². The van der Waals surface area contributed by atoms with Crippen molar-refractivity contribution in [2.45, 2.75) is 39.0 Å². The number of nitrogens with zero attached hydrogens (tertiary/aromatic N) is 1. The Morgan fingerprint density at radius 1 is 1.44 bits per heavy atom. The first-order valence-electron chi connectivity index (χ1n) is 6.45. The first-order valence-corrected chi connectivity index (χ1v) is 6.45. The van der Waals surface area contributed by atoms with E-state index in [0.29, 0.717) is 11.5 Å². The third-order valence-electron chi connectivity index (χ3n) is 3.41. The van der Waals surface area contributed by atoms with Gasteiger partial charge in [-0.3, -0.25) is 9.89 Å². The van der Waals surface area contributed by atoms with Crippen molar-refractivity contribution in [2.24, 2.45) is 5.73 Å². The fraction of sp³-hybridized carbons (Fsp3) is 0.429. The molecule has 4 nitrogen and oxygen atoms in total. The van der Waals surface area contributed by atoms with Gasteiger partial charge in [0.15, 0.2) is 0 Å². The van der Waals surface area contributed by atoms with E-state index in [2.05, 4.69) is 24.0 Å². The lowest BCUT2D eigenvalue weighted by Gasteiger charge is -2.12. The van der Waals surface area contributed by atoms with Gasteiger partial charge < -0.3 is 5.73 Å². The van der Waals surface area contributed by atoms with Crippen molar-refractivity contribution >= 4 is 16.8 Å². The van der Waals surface area contributed by atoms with Crippen LogP contribution < -0.4 is 5.73 Å². The highest BCUT2D eigenvalue weighted by atomic mass is 16.1. The van der Waals surface area contributed by atoms with E-state index in [1.807, 2.05) is 12.1 Å². The number of fused-ring (bicyclic) bond motifs is 1. The van der Waals surface area contributed by atoms with Crippen LogP contribution in [0.3, 0.4) is 0 Å². The molecule has 1 amide bonds. The predicted molar refractivity (Wildman–Crippen MR) is 72.6 cm³/mol. The minimum Gasteiger partial charge on any atom is -0.366 e. The Morgan fingerprint density at radius 2 is 2.22 bits per heavy atom. The monoisotopic (exact) mass is 245 g/mol. The van der Waals surface area contributed by atoms with Crippen molar-refractivity contribution in [3.05, 3.63) is 29.5 Å². The molecule has 4 heteroatoms. The highest BCUT2D eigenvalue weighted by molar-refractivity contribution is 5.97. The number of carbonyl (C=O) groups excluding carboxylic acids is 1. The number of H-pyrrole nitrogens is 1. The van der Waals surface area contributed by atoms with Crippen molar-refractivity contribution in [3.63, 3.8) is 0 Å². The maximum Gasteiger partial charge on any atom is 0.248 e. The van der Waals surface area contributed by atoms with Crippen LogP contribution in [0.2, 0.25) is 0 Å². The fourth-order valence-corrected chi connectivity index (χ4v) is 2.40. The van der Waals surface area contributed by atoms with Crippen molar-refractivity contribution in [1.82, 2.24) is 10.2 Å². The molecule has 96 valence electrons. The standard InChI is InChI=1S/C14H19N3O/c1-3-5-9(4-2)13-11-8-10(14(15)18)6-7-12(11)16-17-13/h6-9H,3-5H2,1-2H3,(H2,15,18)(H,16,17). The molecule has 1 aromatic carbocycles. The van der Waals surface area contributed by atoms with Crippen LogP contribution in [-0.2, 0) is 0 Å². The van der Waals surface area contributed by atoms with E-state index in [-0.39, 0.29) is 0 Å². The third-order valence-corrected chi connectivity index (χ3v) is 3.41. The Kier molecular flexibility index (Phi) is 3.65. The molecule has 1 atom stereocenters. The van der Waals surface area contributed by atoms with Gasteiger partial charge in [0.05, 0.1) is 5.52 Å². The molecule has 0 spiro atoms. The molecule has 0 saturated heterocycles. The van der Waals surface area contributed by atoms with Crippen LogP contribution in [0.5, 0.6) is 0 Å². The number of aromatic amines is 1. The first-order chi connectivity index (χ1) is 8.67. The van der Waals surface area contributed by atoms with Gasteiger partial charge in [0.25, 0.3) is 0 Å². The number of benzene rings is 1. The van der Waals surface area contributed by atoms with E-state index in [0.717, 1.165) is 35.9 Å². The molecule has 2 aromatic rings. The molecule has 2 rings (SSSR count). The van der Waals surface area contributed by atoms with E-state index < -0.39 is 5.91 Å². The summed E-state index contributed by atoms with van der Waals surface area (Å²) in [5, 5.41) is 8.43. The second-order valence-electron chi connectivity index (χ2n) is 4.63. The highest BCUT2D eigenvalue weighted by Gasteiger charge is 2.15. The Hall–Kier alpha value is -1.84.